The minimum atomic E-state index is 0.595. The zero-order valence-corrected chi connectivity index (χ0v) is 16.0. The van der Waals surface area contributed by atoms with Crippen LogP contribution >= 0.6 is 11.6 Å². The summed E-state index contributed by atoms with van der Waals surface area (Å²) in [6, 6.07) is 21.1. The molecule has 0 bridgehead atoms. The number of pyridine rings is 1. The molecule has 3 heteroatoms. The summed E-state index contributed by atoms with van der Waals surface area (Å²) < 4.78 is 0. The number of aromatic nitrogens is 1. The maximum atomic E-state index is 6.31. The van der Waals surface area contributed by atoms with Crippen LogP contribution in [0.2, 0.25) is 5.15 Å². The predicted octanol–water partition coefficient (Wildman–Crippen LogP) is 5.69. The van der Waals surface area contributed by atoms with Gasteiger partial charge >= 0.3 is 0 Å². The van der Waals surface area contributed by atoms with Gasteiger partial charge in [-0.3, -0.25) is 0 Å². The summed E-state index contributed by atoms with van der Waals surface area (Å²) in [5, 5.41) is 4.14. The fraction of sp³-hybridized carbons (Fsp3) is 0.261. The summed E-state index contributed by atoms with van der Waals surface area (Å²) in [7, 11) is 0. The standard InChI is InChI=1S/C23H25ClN2/c1-2-8-18-11-6-7-12-21(18)16-25-14-13-20-15-22(17-26-23(20)24)19-9-4-3-5-10-19/h3-7,9-12,15,17,25H,2,8,13-14,16H2,1H3. The third-order valence-electron chi connectivity index (χ3n) is 4.54. The molecule has 26 heavy (non-hydrogen) atoms. The van der Waals surface area contributed by atoms with E-state index < -0.39 is 0 Å². The molecule has 3 aromatic rings. The van der Waals surface area contributed by atoms with E-state index in [1.165, 1.54) is 23.1 Å². The molecule has 0 aliphatic rings. The topological polar surface area (TPSA) is 24.9 Å². The number of hydrogen-bond donors (Lipinski definition) is 1. The Bertz CT molecular complexity index is 831. The molecule has 2 nitrogen and oxygen atoms in total. The number of benzene rings is 2. The van der Waals surface area contributed by atoms with Gasteiger partial charge in [-0.1, -0.05) is 79.5 Å². The van der Waals surface area contributed by atoms with Crippen molar-refractivity contribution < 1.29 is 0 Å². The van der Waals surface area contributed by atoms with Crippen molar-refractivity contribution in [3.63, 3.8) is 0 Å². The maximum absolute atomic E-state index is 6.31. The van der Waals surface area contributed by atoms with E-state index in [4.69, 9.17) is 11.6 Å². The monoisotopic (exact) mass is 364 g/mol. The molecule has 0 atom stereocenters. The van der Waals surface area contributed by atoms with Crippen molar-refractivity contribution in [3.8, 4) is 11.1 Å². The highest BCUT2D eigenvalue weighted by Crippen LogP contribution is 2.23. The molecule has 0 aliphatic carbocycles. The average Bonchev–Trinajstić information content (AvgIpc) is 2.68. The third-order valence-corrected chi connectivity index (χ3v) is 4.88. The van der Waals surface area contributed by atoms with Gasteiger partial charge in [-0.15, -0.1) is 0 Å². The van der Waals surface area contributed by atoms with Gasteiger partial charge in [0.1, 0.15) is 5.15 Å². The molecule has 0 aliphatic heterocycles. The third kappa shape index (κ3) is 4.94. The first-order chi connectivity index (χ1) is 12.8. The normalized spacial score (nSPS) is 10.8. The van der Waals surface area contributed by atoms with Crippen molar-refractivity contribution in [2.75, 3.05) is 6.54 Å². The number of nitrogens with one attached hydrogen (secondary N) is 1. The second-order valence-corrected chi connectivity index (χ2v) is 6.84. The summed E-state index contributed by atoms with van der Waals surface area (Å²) in [5.74, 6) is 0. The van der Waals surface area contributed by atoms with E-state index in [0.29, 0.717) is 5.15 Å². The first kappa shape index (κ1) is 18.6. The molecule has 1 aromatic heterocycles. The molecule has 0 fully saturated rings. The molecule has 3 rings (SSSR count). The van der Waals surface area contributed by atoms with Crippen LogP contribution in [-0.2, 0) is 19.4 Å². The number of hydrogen-bond acceptors (Lipinski definition) is 2. The van der Waals surface area contributed by atoms with Crippen molar-refractivity contribution in [1.29, 1.82) is 0 Å². The molecule has 1 heterocycles. The number of rotatable bonds is 8. The zero-order valence-electron chi connectivity index (χ0n) is 15.2. The number of halogens is 1. The van der Waals surface area contributed by atoms with Crippen LogP contribution in [0.5, 0.6) is 0 Å². The Morgan fingerprint density at radius 3 is 2.35 bits per heavy atom. The minimum Gasteiger partial charge on any atom is -0.312 e. The van der Waals surface area contributed by atoms with Crippen molar-refractivity contribution >= 4 is 11.6 Å². The van der Waals surface area contributed by atoms with Crippen LogP contribution in [0.1, 0.15) is 30.0 Å². The quantitative estimate of drug-likeness (QED) is 0.410. The van der Waals surface area contributed by atoms with Crippen molar-refractivity contribution in [1.82, 2.24) is 10.3 Å². The van der Waals surface area contributed by atoms with Gasteiger partial charge in [0.2, 0.25) is 0 Å². The Hall–Kier alpha value is -2.16. The molecule has 0 spiro atoms. The van der Waals surface area contributed by atoms with Crippen LogP contribution in [0.4, 0.5) is 0 Å². The first-order valence-corrected chi connectivity index (χ1v) is 9.63. The van der Waals surface area contributed by atoms with Gasteiger partial charge in [0.15, 0.2) is 0 Å². The molecular formula is C23H25ClN2. The molecule has 1 N–H and O–H groups in total. The van der Waals surface area contributed by atoms with Gasteiger partial charge in [-0.25, -0.2) is 4.98 Å². The second-order valence-electron chi connectivity index (χ2n) is 6.49. The molecular weight excluding hydrogens is 340 g/mol. The Balaban J connectivity index is 1.60. The summed E-state index contributed by atoms with van der Waals surface area (Å²) in [6.07, 6.45) is 5.01. The highest BCUT2D eigenvalue weighted by molar-refractivity contribution is 6.30. The fourth-order valence-electron chi connectivity index (χ4n) is 3.15. The number of nitrogens with zero attached hydrogens (tertiary/aromatic N) is 1. The Kier molecular flexibility index (Phi) is 6.82. The first-order valence-electron chi connectivity index (χ1n) is 9.25. The van der Waals surface area contributed by atoms with Gasteiger partial charge in [0, 0.05) is 18.3 Å². The van der Waals surface area contributed by atoms with E-state index in [1.807, 2.05) is 24.4 Å². The van der Waals surface area contributed by atoms with Crippen LogP contribution in [-0.4, -0.2) is 11.5 Å². The van der Waals surface area contributed by atoms with E-state index in [2.05, 4.69) is 59.7 Å². The van der Waals surface area contributed by atoms with Gasteiger partial charge < -0.3 is 5.32 Å². The van der Waals surface area contributed by atoms with E-state index in [1.54, 1.807) is 0 Å². The van der Waals surface area contributed by atoms with E-state index in [0.717, 1.165) is 37.1 Å². The van der Waals surface area contributed by atoms with Crippen molar-refractivity contribution in [2.24, 2.45) is 0 Å². The minimum absolute atomic E-state index is 0.595. The van der Waals surface area contributed by atoms with Gasteiger partial charge in [-0.05, 0) is 47.7 Å². The summed E-state index contributed by atoms with van der Waals surface area (Å²) in [5.41, 5.74) is 6.19. The highest BCUT2D eigenvalue weighted by Gasteiger charge is 2.06. The Morgan fingerprint density at radius 2 is 1.58 bits per heavy atom. The molecule has 2 aromatic carbocycles. The van der Waals surface area contributed by atoms with Gasteiger partial charge in [0.05, 0.1) is 0 Å². The lowest BCUT2D eigenvalue weighted by Gasteiger charge is -2.11. The molecule has 0 radical (unpaired) electrons. The average molecular weight is 365 g/mol. The van der Waals surface area contributed by atoms with E-state index >= 15 is 0 Å². The van der Waals surface area contributed by atoms with Crippen LogP contribution in [0.15, 0.2) is 66.9 Å². The smallest absolute Gasteiger partial charge is 0.132 e. The maximum Gasteiger partial charge on any atom is 0.132 e. The zero-order chi connectivity index (χ0) is 18.2. The van der Waals surface area contributed by atoms with Crippen molar-refractivity contribution in [2.45, 2.75) is 32.7 Å². The van der Waals surface area contributed by atoms with Crippen LogP contribution in [0.3, 0.4) is 0 Å². The molecule has 0 saturated heterocycles. The van der Waals surface area contributed by atoms with Gasteiger partial charge in [0.25, 0.3) is 0 Å². The van der Waals surface area contributed by atoms with Crippen LogP contribution in [0, 0.1) is 0 Å². The lowest BCUT2D eigenvalue weighted by molar-refractivity contribution is 0.680. The molecule has 0 saturated carbocycles. The summed E-state index contributed by atoms with van der Waals surface area (Å²) in [4.78, 5) is 4.37. The highest BCUT2D eigenvalue weighted by atomic mass is 35.5. The molecule has 0 unspecified atom stereocenters. The number of aryl methyl sites for hydroxylation is 1. The fourth-order valence-corrected chi connectivity index (χ4v) is 3.34. The SMILES string of the molecule is CCCc1ccccc1CNCCc1cc(-c2ccccc2)cnc1Cl. The van der Waals surface area contributed by atoms with Crippen molar-refractivity contribution in [3.05, 3.63) is 88.7 Å². The molecule has 0 amide bonds. The Labute approximate surface area is 161 Å². The predicted molar refractivity (Wildman–Crippen MR) is 111 cm³/mol. The largest absolute Gasteiger partial charge is 0.312 e. The Morgan fingerprint density at radius 1 is 0.846 bits per heavy atom. The van der Waals surface area contributed by atoms with Crippen LogP contribution < -0.4 is 5.32 Å². The van der Waals surface area contributed by atoms with Crippen LogP contribution in [0.25, 0.3) is 11.1 Å². The lowest BCUT2D eigenvalue weighted by atomic mass is 10.0. The summed E-state index contributed by atoms with van der Waals surface area (Å²) >= 11 is 6.31. The van der Waals surface area contributed by atoms with E-state index in [9.17, 15) is 0 Å². The van der Waals surface area contributed by atoms with E-state index in [-0.39, 0.29) is 0 Å². The lowest BCUT2D eigenvalue weighted by Crippen LogP contribution is -2.18. The molecule has 134 valence electrons. The summed E-state index contributed by atoms with van der Waals surface area (Å²) in [6.45, 7) is 3.98. The second kappa shape index (κ2) is 9.51. The van der Waals surface area contributed by atoms with Gasteiger partial charge in [-0.2, -0.15) is 0 Å².